The van der Waals surface area contributed by atoms with Gasteiger partial charge in [0, 0.05) is 18.9 Å². The van der Waals surface area contributed by atoms with Gasteiger partial charge in [-0.3, -0.25) is 9.59 Å². The molecule has 0 aromatic rings. The summed E-state index contributed by atoms with van der Waals surface area (Å²) in [6, 6.07) is 0. The van der Waals surface area contributed by atoms with Gasteiger partial charge in [-0.2, -0.15) is 13.2 Å². The summed E-state index contributed by atoms with van der Waals surface area (Å²) >= 11 is 0. The second-order valence-corrected chi connectivity index (χ2v) is 4.98. The number of halogens is 3. The van der Waals surface area contributed by atoms with Crippen LogP contribution >= 0.6 is 0 Å². The van der Waals surface area contributed by atoms with Crippen LogP contribution in [0.3, 0.4) is 0 Å². The molecule has 0 bridgehead atoms. The number of carbonyl (C=O) groups is 2. The van der Waals surface area contributed by atoms with E-state index < -0.39 is 35.6 Å². The monoisotopic (exact) mass is 269 g/mol. The topological polar surface area (TPSA) is 55.4 Å². The quantitative estimate of drug-likeness (QED) is 0.799. The number of nitrogens with one attached hydrogen (secondary N) is 1. The van der Waals surface area contributed by atoms with Gasteiger partial charge in [0.15, 0.2) is 0 Å². The van der Waals surface area contributed by atoms with E-state index >= 15 is 0 Å². The van der Waals surface area contributed by atoms with Crippen molar-refractivity contribution in [2.75, 3.05) is 0 Å². The Morgan fingerprint density at radius 2 is 1.61 bits per heavy atom. The van der Waals surface area contributed by atoms with E-state index in [0.29, 0.717) is 0 Å². The molecule has 0 saturated carbocycles. The van der Waals surface area contributed by atoms with Gasteiger partial charge in [-0.05, 0) is 20.8 Å². The van der Waals surface area contributed by atoms with E-state index in [0.717, 1.165) is 13.8 Å². The highest BCUT2D eigenvalue weighted by Crippen LogP contribution is 2.37. The Hall–Kier alpha value is -1.27. The van der Waals surface area contributed by atoms with Gasteiger partial charge in [-0.1, -0.05) is 6.92 Å². The van der Waals surface area contributed by atoms with Crippen LogP contribution in [-0.4, -0.2) is 29.2 Å². The fourth-order valence-corrected chi connectivity index (χ4v) is 1.35. The summed E-state index contributed by atoms with van der Waals surface area (Å²) in [5, 5.41) is 2.19. The van der Waals surface area contributed by atoms with Crippen molar-refractivity contribution in [3.05, 3.63) is 0 Å². The largest absolute Gasteiger partial charge is 0.439 e. The number of hydrogen-bond donors (Lipinski definition) is 1. The molecule has 0 aliphatic heterocycles. The van der Waals surface area contributed by atoms with Crippen LogP contribution in [0.2, 0.25) is 0 Å². The zero-order valence-electron chi connectivity index (χ0n) is 11.1. The molecule has 0 aromatic carbocycles. The SMILES string of the molecule is CCC(OC(C)=O)(C(=O)NC(C)(C)C)C(F)(F)F. The summed E-state index contributed by atoms with van der Waals surface area (Å²) in [6.45, 7) is 6.58. The van der Waals surface area contributed by atoms with Crippen molar-refractivity contribution in [2.45, 2.75) is 58.4 Å². The average molecular weight is 269 g/mol. The van der Waals surface area contributed by atoms with Crippen LogP contribution in [0.4, 0.5) is 13.2 Å². The predicted molar refractivity (Wildman–Crippen MR) is 58.7 cm³/mol. The maximum absolute atomic E-state index is 13.0. The number of amides is 1. The number of alkyl halides is 3. The molecule has 0 radical (unpaired) electrons. The Morgan fingerprint density at radius 1 is 1.17 bits per heavy atom. The summed E-state index contributed by atoms with van der Waals surface area (Å²) in [7, 11) is 0. The van der Waals surface area contributed by atoms with Crippen molar-refractivity contribution in [3.63, 3.8) is 0 Å². The van der Waals surface area contributed by atoms with Crippen LogP contribution in [0, 0.1) is 0 Å². The minimum absolute atomic E-state index is 0.683. The molecular weight excluding hydrogens is 251 g/mol. The van der Waals surface area contributed by atoms with Gasteiger partial charge in [0.2, 0.25) is 0 Å². The summed E-state index contributed by atoms with van der Waals surface area (Å²) in [4.78, 5) is 22.6. The highest BCUT2D eigenvalue weighted by atomic mass is 19.4. The molecule has 0 aliphatic rings. The Balaban J connectivity index is 5.45. The molecule has 0 aromatic heterocycles. The predicted octanol–water partition coefficient (Wildman–Crippen LogP) is 2.18. The first-order valence-corrected chi connectivity index (χ1v) is 5.44. The molecule has 1 atom stereocenters. The average Bonchev–Trinajstić information content (AvgIpc) is 2.08. The standard InChI is InChI=1S/C11H18F3NO3/c1-6-10(11(12,13)14,18-7(2)16)8(17)15-9(3,4)5/h6H2,1-5H3,(H,15,17). The lowest BCUT2D eigenvalue weighted by atomic mass is 9.96. The van der Waals surface area contributed by atoms with Crippen molar-refractivity contribution >= 4 is 11.9 Å². The Kier molecular flexibility index (Phi) is 4.79. The number of ether oxygens (including phenoxy) is 1. The second kappa shape index (κ2) is 5.16. The third-order valence-electron chi connectivity index (χ3n) is 2.13. The molecule has 7 heteroatoms. The normalized spacial score (nSPS) is 15.8. The van der Waals surface area contributed by atoms with E-state index in [4.69, 9.17) is 0 Å². The number of esters is 1. The highest BCUT2D eigenvalue weighted by molar-refractivity contribution is 5.89. The van der Waals surface area contributed by atoms with Crippen molar-refractivity contribution in [1.29, 1.82) is 0 Å². The van der Waals surface area contributed by atoms with E-state index in [1.54, 1.807) is 0 Å². The van der Waals surface area contributed by atoms with Gasteiger partial charge < -0.3 is 10.1 Å². The van der Waals surface area contributed by atoms with Crippen molar-refractivity contribution < 1.29 is 27.5 Å². The molecule has 0 rings (SSSR count). The Bertz CT molecular complexity index is 333. The van der Waals surface area contributed by atoms with Crippen LogP contribution < -0.4 is 5.32 Å². The number of rotatable bonds is 3. The van der Waals surface area contributed by atoms with Crippen molar-refractivity contribution in [1.82, 2.24) is 5.32 Å². The molecule has 1 N–H and O–H groups in total. The van der Waals surface area contributed by atoms with E-state index in [2.05, 4.69) is 10.1 Å². The molecule has 0 aliphatic carbocycles. The summed E-state index contributed by atoms with van der Waals surface area (Å²) < 4.78 is 43.4. The minimum Gasteiger partial charge on any atom is -0.439 e. The first-order chi connectivity index (χ1) is 7.85. The zero-order valence-corrected chi connectivity index (χ0v) is 11.1. The minimum atomic E-state index is -4.97. The number of carbonyl (C=O) groups excluding carboxylic acids is 2. The first kappa shape index (κ1) is 16.7. The number of hydrogen-bond acceptors (Lipinski definition) is 3. The van der Waals surface area contributed by atoms with Crippen LogP contribution in [0.1, 0.15) is 41.0 Å². The van der Waals surface area contributed by atoms with Crippen LogP contribution in [0.5, 0.6) is 0 Å². The van der Waals surface area contributed by atoms with Gasteiger partial charge in [-0.25, -0.2) is 0 Å². The van der Waals surface area contributed by atoms with E-state index in [9.17, 15) is 22.8 Å². The summed E-state index contributed by atoms with van der Waals surface area (Å²) in [6.07, 6.45) is -5.65. The molecule has 0 heterocycles. The smallest absolute Gasteiger partial charge is 0.437 e. The molecule has 1 unspecified atom stereocenters. The maximum Gasteiger partial charge on any atom is 0.437 e. The van der Waals surface area contributed by atoms with Crippen LogP contribution in [0.15, 0.2) is 0 Å². The lowest BCUT2D eigenvalue weighted by Gasteiger charge is -2.35. The lowest BCUT2D eigenvalue weighted by Crippen LogP contribution is -2.62. The van der Waals surface area contributed by atoms with E-state index in [1.807, 2.05) is 0 Å². The summed E-state index contributed by atoms with van der Waals surface area (Å²) in [5.74, 6) is -2.52. The first-order valence-electron chi connectivity index (χ1n) is 5.44. The maximum atomic E-state index is 13.0. The summed E-state index contributed by atoms with van der Waals surface area (Å²) in [5.41, 5.74) is -3.99. The fourth-order valence-electron chi connectivity index (χ4n) is 1.35. The molecule has 0 saturated heterocycles. The highest BCUT2D eigenvalue weighted by Gasteiger charge is 2.62. The van der Waals surface area contributed by atoms with Crippen LogP contribution in [0.25, 0.3) is 0 Å². The Morgan fingerprint density at radius 3 is 1.83 bits per heavy atom. The molecule has 0 spiro atoms. The molecular formula is C11H18F3NO3. The van der Waals surface area contributed by atoms with Crippen molar-refractivity contribution in [3.8, 4) is 0 Å². The second-order valence-electron chi connectivity index (χ2n) is 4.98. The molecule has 1 amide bonds. The van der Waals surface area contributed by atoms with Gasteiger partial charge >= 0.3 is 12.1 Å². The van der Waals surface area contributed by atoms with Gasteiger partial charge in [0.25, 0.3) is 11.5 Å². The van der Waals surface area contributed by atoms with Crippen molar-refractivity contribution in [2.24, 2.45) is 0 Å². The molecule has 18 heavy (non-hydrogen) atoms. The third kappa shape index (κ3) is 3.89. The van der Waals surface area contributed by atoms with Gasteiger partial charge in [0.1, 0.15) is 0 Å². The molecule has 106 valence electrons. The Labute approximate surface area is 104 Å². The molecule has 4 nitrogen and oxygen atoms in total. The fraction of sp³-hybridized carbons (Fsp3) is 0.818. The van der Waals surface area contributed by atoms with Gasteiger partial charge in [-0.15, -0.1) is 0 Å². The molecule has 0 fully saturated rings. The zero-order chi connectivity index (χ0) is 14.8. The lowest BCUT2D eigenvalue weighted by molar-refractivity contribution is -0.262. The van der Waals surface area contributed by atoms with E-state index in [1.165, 1.54) is 20.8 Å². The van der Waals surface area contributed by atoms with Gasteiger partial charge in [0.05, 0.1) is 0 Å². The third-order valence-corrected chi connectivity index (χ3v) is 2.13. The van der Waals surface area contributed by atoms with Crippen LogP contribution in [-0.2, 0) is 14.3 Å². The van der Waals surface area contributed by atoms with E-state index in [-0.39, 0.29) is 0 Å².